The quantitative estimate of drug-likeness (QED) is 0.442. The van der Waals surface area contributed by atoms with Gasteiger partial charge in [-0.3, -0.25) is 13.8 Å². The van der Waals surface area contributed by atoms with Crippen LogP contribution in [0.15, 0.2) is 52.2 Å². The van der Waals surface area contributed by atoms with Crippen LogP contribution in [0, 0.1) is 4.77 Å². The third-order valence-electron chi connectivity index (χ3n) is 5.80. The molecule has 0 spiro atoms. The van der Waals surface area contributed by atoms with Gasteiger partial charge in [0.05, 0.1) is 15.8 Å². The Morgan fingerprint density at radius 3 is 2.71 bits per heavy atom. The molecule has 0 N–H and O–H groups in total. The SMILES string of the molecule is Cn1c(=O)c2ccccc2n2c(=S)n(CN3CCCc4cc(S(C)(=O)=O)ccc43)nc12. The molecule has 0 saturated carbocycles. The summed E-state index contributed by atoms with van der Waals surface area (Å²) in [7, 11) is -1.56. The van der Waals surface area contributed by atoms with Crippen molar-refractivity contribution in [3.63, 3.8) is 0 Å². The summed E-state index contributed by atoms with van der Waals surface area (Å²) in [5, 5.41) is 5.24. The van der Waals surface area contributed by atoms with E-state index in [0.717, 1.165) is 36.2 Å². The molecular formula is C21H21N5O3S2. The second kappa shape index (κ2) is 7.03. The van der Waals surface area contributed by atoms with Crippen molar-refractivity contribution in [2.45, 2.75) is 24.4 Å². The Kier molecular flexibility index (Phi) is 4.52. The summed E-state index contributed by atoms with van der Waals surface area (Å²) >= 11 is 5.74. The lowest BCUT2D eigenvalue weighted by Crippen LogP contribution is -2.32. The Morgan fingerprint density at radius 2 is 1.94 bits per heavy atom. The lowest BCUT2D eigenvalue weighted by molar-refractivity contribution is 0.546. The second-order valence-corrected chi connectivity index (χ2v) is 10.3. The molecule has 0 bridgehead atoms. The number of sulfone groups is 1. The first kappa shape index (κ1) is 20.0. The Balaban J connectivity index is 1.62. The molecule has 10 heteroatoms. The maximum atomic E-state index is 12.7. The van der Waals surface area contributed by atoms with Gasteiger partial charge in [0.25, 0.3) is 5.56 Å². The number of aromatic nitrogens is 4. The summed E-state index contributed by atoms with van der Waals surface area (Å²) in [4.78, 5) is 15.2. The zero-order valence-corrected chi connectivity index (χ0v) is 18.8. The Bertz CT molecular complexity index is 1580. The summed E-state index contributed by atoms with van der Waals surface area (Å²) in [5.41, 5.74) is 2.60. The van der Waals surface area contributed by atoms with E-state index in [9.17, 15) is 13.2 Å². The molecule has 8 nitrogen and oxygen atoms in total. The molecule has 0 saturated heterocycles. The number of rotatable bonds is 3. The van der Waals surface area contributed by atoms with Gasteiger partial charge >= 0.3 is 0 Å². The van der Waals surface area contributed by atoms with Crippen LogP contribution in [0.2, 0.25) is 0 Å². The molecule has 0 fully saturated rings. The molecule has 2 aromatic carbocycles. The van der Waals surface area contributed by atoms with E-state index in [0.29, 0.717) is 27.5 Å². The normalized spacial score (nSPS) is 14.3. The van der Waals surface area contributed by atoms with Crippen LogP contribution in [0.1, 0.15) is 12.0 Å². The van der Waals surface area contributed by atoms with Crippen molar-refractivity contribution in [3.05, 3.63) is 63.2 Å². The number of benzene rings is 2. The molecule has 5 rings (SSSR count). The summed E-state index contributed by atoms with van der Waals surface area (Å²) in [6.45, 7) is 1.22. The van der Waals surface area contributed by atoms with Crippen LogP contribution in [-0.4, -0.2) is 40.0 Å². The monoisotopic (exact) mass is 455 g/mol. The fraction of sp³-hybridized carbons (Fsp3) is 0.286. The average molecular weight is 456 g/mol. The number of para-hydroxylation sites is 1. The summed E-state index contributed by atoms with van der Waals surface area (Å²) < 4.78 is 29.4. The number of hydrogen-bond acceptors (Lipinski definition) is 6. The minimum atomic E-state index is -3.25. The van der Waals surface area contributed by atoms with Crippen molar-refractivity contribution in [1.82, 2.24) is 18.7 Å². The summed E-state index contributed by atoms with van der Waals surface area (Å²) in [5.74, 6) is 0.485. The summed E-state index contributed by atoms with van der Waals surface area (Å²) in [6.07, 6.45) is 2.95. The largest absolute Gasteiger partial charge is 0.352 e. The molecule has 0 amide bonds. The molecule has 1 aliphatic rings. The highest BCUT2D eigenvalue weighted by atomic mass is 32.2. The van der Waals surface area contributed by atoms with Gasteiger partial charge in [-0.1, -0.05) is 12.1 Å². The third kappa shape index (κ3) is 3.17. The Morgan fingerprint density at radius 1 is 1.16 bits per heavy atom. The van der Waals surface area contributed by atoms with Crippen LogP contribution < -0.4 is 10.5 Å². The van der Waals surface area contributed by atoms with Gasteiger partial charge in [-0.05, 0) is 61.0 Å². The van der Waals surface area contributed by atoms with Gasteiger partial charge in [0, 0.05) is 25.5 Å². The molecular weight excluding hydrogens is 434 g/mol. The molecule has 3 heterocycles. The number of aryl methyl sites for hydroxylation is 2. The zero-order chi connectivity index (χ0) is 21.9. The fourth-order valence-electron chi connectivity index (χ4n) is 4.23. The van der Waals surface area contributed by atoms with Gasteiger partial charge in [-0.15, -0.1) is 5.10 Å². The van der Waals surface area contributed by atoms with Crippen molar-refractivity contribution in [2.75, 3.05) is 17.7 Å². The van der Waals surface area contributed by atoms with E-state index in [1.165, 1.54) is 10.8 Å². The third-order valence-corrected chi connectivity index (χ3v) is 7.30. The van der Waals surface area contributed by atoms with Gasteiger partial charge in [-0.25, -0.2) is 13.1 Å². The summed E-state index contributed by atoms with van der Waals surface area (Å²) in [6, 6.07) is 12.6. The molecule has 1 aliphatic heterocycles. The number of fused-ring (bicyclic) bond motifs is 4. The number of hydrogen-bond donors (Lipinski definition) is 0. The molecule has 0 radical (unpaired) electrons. The first-order valence-corrected chi connectivity index (χ1v) is 12.2. The molecule has 0 atom stereocenters. The van der Waals surface area contributed by atoms with Crippen LogP contribution in [-0.2, 0) is 30.0 Å². The second-order valence-electron chi connectivity index (χ2n) is 7.87. The van der Waals surface area contributed by atoms with E-state index in [4.69, 9.17) is 12.2 Å². The maximum absolute atomic E-state index is 12.7. The Hall–Kier alpha value is -2.98. The van der Waals surface area contributed by atoms with E-state index in [1.54, 1.807) is 29.9 Å². The molecule has 0 aliphatic carbocycles. The highest BCUT2D eigenvalue weighted by Crippen LogP contribution is 2.30. The van der Waals surface area contributed by atoms with Crippen LogP contribution in [0.3, 0.4) is 0 Å². The van der Waals surface area contributed by atoms with Crippen LogP contribution in [0.4, 0.5) is 5.69 Å². The zero-order valence-electron chi connectivity index (χ0n) is 17.1. The van der Waals surface area contributed by atoms with E-state index < -0.39 is 9.84 Å². The standard InChI is InChI=1S/C21H21N5O3S2/c1-23-19(27)16-7-3-4-8-18(16)26-20(23)22-25(21(26)30)13-24-11-5-6-14-12-15(31(2,28)29)9-10-17(14)24/h3-4,7-10,12H,5-6,11,13H2,1-2H3. The minimum absolute atomic E-state index is 0.119. The van der Waals surface area contributed by atoms with E-state index >= 15 is 0 Å². The molecule has 160 valence electrons. The Labute approximate surface area is 183 Å². The molecule has 2 aromatic heterocycles. The van der Waals surface area contributed by atoms with Crippen molar-refractivity contribution in [1.29, 1.82) is 0 Å². The van der Waals surface area contributed by atoms with Gasteiger partial charge < -0.3 is 4.90 Å². The predicted octanol–water partition coefficient (Wildman–Crippen LogP) is 2.53. The molecule has 0 unspecified atom stereocenters. The lowest BCUT2D eigenvalue weighted by Gasteiger charge is -2.31. The first-order valence-electron chi connectivity index (χ1n) is 9.91. The van der Waals surface area contributed by atoms with E-state index in [2.05, 4.69) is 10.00 Å². The fourth-order valence-corrected chi connectivity index (χ4v) is 5.18. The van der Waals surface area contributed by atoms with Gasteiger partial charge in [0.15, 0.2) is 9.84 Å². The lowest BCUT2D eigenvalue weighted by atomic mass is 10.0. The highest BCUT2D eigenvalue weighted by molar-refractivity contribution is 7.90. The number of nitrogens with zero attached hydrogens (tertiary/aromatic N) is 5. The van der Waals surface area contributed by atoms with Crippen LogP contribution >= 0.6 is 12.2 Å². The van der Waals surface area contributed by atoms with Gasteiger partial charge in [0.1, 0.15) is 6.67 Å². The average Bonchev–Trinajstić information content (AvgIpc) is 3.07. The van der Waals surface area contributed by atoms with Gasteiger partial charge in [-0.2, -0.15) is 0 Å². The van der Waals surface area contributed by atoms with Crippen molar-refractivity contribution >= 4 is 44.4 Å². The van der Waals surface area contributed by atoms with Crippen molar-refractivity contribution < 1.29 is 8.42 Å². The molecule has 31 heavy (non-hydrogen) atoms. The van der Waals surface area contributed by atoms with Crippen molar-refractivity contribution in [3.8, 4) is 0 Å². The first-order chi connectivity index (χ1) is 14.8. The van der Waals surface area contributed by atoms with Crippen LogP contribution in [0.5, 0.6) is 0 Å². The molecule has 4 aromatic rings. The van der Waals surface area contributed by atoms with Crippen LogP contribution in [0.25, 0.3) is 16.7 Å². The van der Waals surface area contributed by atoms with Crippen molar-refractivity contribution in [2.24, 2.45) is 7.05 Å². The minimum Gasteiger partial charge on any atom is -0.352 e. The van der Waals surface area contributed by atoms with E-state index in [-0.39, 0.29) is 5.56 Å². The van der Waals surface area contributed by atoms with E-state index in [1.807, 2.05) is 28.7 Å². The highest BCUT2D eigenvalue weighted by Gasteiger charge is 2.21. The maximum Gasteiger partial charge on any atom is 0.262 e. The number of anilines is 1. The van der Waals surface area contributed by atoms with Gasteiger partial charge in [0.2, 0.25) is 10.5 Å². The predicted molar refractivity (Wildman–Crippen MR) is 122 cm³/mol. The smallest absolute Gasteiger partial charge is 0.262 e. The topological polar surface area (TPSA) is 81.6 Å².